The lowest BCUT2D eigenvalue weighted by Crippen LogP contribution is -2.36. The van der Waals surface area contributed by atoms with E-state index < -0.39 is 0 Å². The predicted molar refractivity (Wildman–Crippen MR) is 87.1 cm³/mol. The molecule has 0 bridgehead atoms. The van der Waals surface area contributed by atoms with Crippen molar-refractivity contribution in [3.63, 3.8) is 0 Å². The van der Waals surface area contributed by atoms with Gasteiger partial charge in [-0.05, 0) is 37.8 Å². The lowest BCUT2D eigenvalue weighted by molar-refractivity contribution is -0.122. The zero-order valence-corrected chi connectivity index (χ0v) is 12.9. The van der Waals surface area contributed by atoms with E-state index in [1.165, 1.54) is 18.4 Å². The first-order valence-electron chi connectivity index (χ1n) is 8.35. The summed E-state index contributed by atoms with van der Waals surface area (Å²) in [5, 5.41) is 3.25. The number of benzene rings is 1. The normalized spacial score (nSPS) is 21.4. The largest absolute Gasteiger partial charge is 0.353 e. The van der Waals surface area contributed by atoms with E-state index in [9.17, 15) is 4.79 Å². The van der Waals surface area contributed by atoms with Crippen molar-refractivity contribution in [2.45, 2.75) is 63.3 Å². The van der Waals surface area contributed by atoms with Gasteiger partial charge >= 0.3 is 0 Å². The molecular formula is C18H28N2O. The average molecular weight is 288 g/mol. The second-order valence-electron chi connectivity index (χ2n) is 6.07. The number of nitrogens with two attached hydrogens (primary N) is 1. The molecule has 0 spiro atoms. The Balaban J connectivity index is 1.75. The molecule has 2 unspecified atom stereocenters. The Morgan fingerprint density at radius 1 is 1.10 bits per heavy atom. The topological polar surface area (TPSA) is 55.1 Å². The first-order valence-corrected chi connectivity index (χ1v) is 8.35. The molecule has 3 heteroatoms. The molecule has 1 aliphatic rings. The zero-order valence-electron chi connectivity index (χ0n) is 12.9. The van der Waals surface area contributed by atoms with Gasteiger partial charge in [0.25, 0.3) is 0 Å². The fraction of sp³-hybridized carbons (Fsp3) is 0.611. The van der Waals surface area contributed by atoms with E-state index in [1.807, 2.05) is 6.07 Å². The van der Waals surface area contributed by atoms with Gasteiger partial charge < -0.3 is 11.1 Å². The molecule has 21 heavy (non-hydrogen) atoms. The van der Waals surface area contributed by atoms with Gasteiger partial charge in [0.1, 0.15) is 0 Å². The molecule has 0 aliphatic heterocycles. The molecule has 0 radical (unpaired) electrons. The Bertz CT molecular complexity index is 418. The molecule has 0 heterocycles. The predicted octanol–water partition coefficient (Wildman–Crippen LogP) is 3.35. The summed E-state index contributed by atoms with van der Waals surface area (Å²) in [7, 11) is 0. The Morgan fingerprint density at radius 3 is 2.62 bits per heavy atom. The number of hydrogen-bond donors (Lipinski definition) is 2. The van der Waals surface area contributed by atoms with Crippen molar-refractivity contribution in [1.29, 1.82) is 0 Å². The van der Waals surface area contributed by atoms with Crippen molar-refractivity contribution >= 4 is 5.91 Å². The molecule has 3 N–H and O–H groups in total. The molecule has 2 atom stereocenters. The van der Waals surface area contributed by atoms with E-state index in [4.69, 9.17) is 5.73 Å². The summed E-state index contributed by atoms with van der Waals surface area (Å²) >= 11 is 0. The molecule has 1 fully saturated rings. The summed E-state index contributed by atoms with van der Waals surface area (Å²) < 4.78 is 0. The van der Waals surface area contributed by atoms with Crippen molar-refractivity contribution in [2.24, 2.45) is 5.73 Å². The third-order valence-electron chi connectivity index (χ3n) is 4.45. The summed E-state index contributed by atoms with van der Waals surface area (Å²) in [6, 6.07) is 10.9. The van der Waals surface area contributed by atoms with Crippen LogP contribution in [0.1, 0.15) is 62.8 Å². The van der Waals surface area contributed by atoms with E-state index in [0.717, 1.165) is 38.6 Å². The van der Waals surface area contributed by atoms with Crippen LogP contribution in [0.25, 0.3) is 0 Å². The molecular weight excluding hydrogens is 260 g/mol. The molecule has 1 aliphatic carbocycles. The number of carbonyl (C=O) groups is 1. The van der Waals surface area contributed by atoms with Gasteiger partial charge in [-0.1, -0.05) is 49.6 Å². The molecule has 1 aromatic carbocycles. The van der Waals surface area contributed by atoms with Gasteiger partial charge in [0.2, 0.25) is 5.91 Å². The quantitative estimate of drug-likeness (QED) is 0.721. The molecule has 1 aromatic rings. The van der Waals surface area contributed by atoms with Crippen LogP contribution in [-0.2, 0) is 4.79 Å². The van der Waals surface area contributed by atoms with E-state index in [1.54, 1.807) is 0 Å². The summed E-state index contributed by atoms with van der Waals surface area (Å²) in [4.78, 5) is 12.1. The van der Waals surface area contributed by atoms with E-state index in [2.05, 4.69) is 29.6 Å². The van der Waals surface area contributed by atoms with Gasteiger partial charge in [-0.2, -0.15) is 0 Å². The lowest BCUT2D eigenvalue weighted by atomic mass is 9.94. The van der Waals surface area contributed by atoms with Gasteiger partial charge in [-0.25, -0.2) is 0 Å². The Labute approximate surface area is 128 Å². The first kappa shape index (κ1) is 16.0. The van der Waals surface area contributed by atoms with Crippen LogP contribution in [0.2, 0.25) is 0 Å². The van der Waals surface area contributed by atoms with E-state index in [0.29, 0.717) is 18.4 Å². The molecule has 0 aromatic heterocycles. The van der Waals surface area contributed by atoms with Crippen LogP contribution in [-0.4, -0.2) is 18.5 Å². The van der Waals surface area contributed by atoms with Crippen LogP contribution >= 0.6 is 0 Å². The second kappa shape index (κ2) is 8.83. The van der Waals surface area contributed by atoms with Crippen molar-refractivity contribution in [1.82, 2.24) is 5.32 Å². The highest BCUT2D eigenvalue weighted by atomic mass is 16.1. The van der Waals surface area contributed by atoms with Gasteiger partial charge in [0.05, 0.1) is 0 Å². The minimum absolute atomic E-state index is 0.218. The highest BCUT2D eigenvalue weighted by Gasteiger charge is 2.29. The van der Waals surface area contributed by atoms with Gasteiger partial charge in [0, 0.05) is 18.4 Å². The first-order chi connectivity index (χ1) is 10.3. The van der Waals surface area contributed by atoms with E-state index >= 15 is 0 Å². The fourth-order valence-electron chi connectivity index (χ4n) is 3.29. The molecule has 116 valence electrons. The number of carbonyl (C=O) groups excluding carboxylic acids is 1. The van der Waals surface area contributed by atoms with Crippen LogP contribution in [0.15, 0.2) is 30.3 Å². The Morgan fingerprint density at radius 2 is 1.86 bits per heavy atom. The zero-order chi connectivity index (χ0) is 14.9. The monoisotopic (exact) mass is 288 g/mol. The standard InChI is InChI=1S/C18H28N2O/c19-14-7-2-1-6-13-18(21)20-17-12-8-11-16(17)15-9-4-3-5-10-15/h3-5,9-10,16-17H,1-2,6-8,11-14,19H2,(H,20,21). The maximum Gasteiger partial charge on any atom is 0.220 e. The molecule has 2 rings (SSSR count). The maximum atomic E-state index is 12.1. The number of unbranched alkanes of at least 4 members (excludes halogenated alkanes) is 3. The minimum Gasteiger partial charge on any atom is -0.353 e. The smallest absolute Gasteiger partial charge is 0.220 e. The van der Waals surface area contributed by atoms with Crippen LogP contribution in [0, 0.1) is 0 Å². The lowest BCUT2D eigenvalue weighted by Gasteiger charge is -2.21. The Kier molecular flexibility index (Phi) is 6.74. The summed E-state index contributed by atoms with van der Waals surface area (Å²) in [5.74, 6) is 0.711. The second-order valence-corrected chi connectivity index (χ2v) is 6.07. The SMILES string of the molecule is NCCCCCCC(=O)NC1CCCC1c1ccccc1. The number of nitrogens with one attached hydrogen (secondary N) is 1. The third-order valence-corrected chi connectivity index (χ3v) is 4.45. The third kappa shape index (κ3) is 5.16. The molecule has 3 nitrogen and oxygen atoms in total. The van der Waals surface area contributed by atoms with Crippen molar-refractivity contribution in [3.8, 4) is 0 Å². The highest BCUT2D eigenvalue weighted by Crippen LogP contribution is 2.34. The average Bonchev–Trinajstić information content (AvgIpc) is 2.96. The molecule has 0 saturated heterocycles. The van der Waals surface area contributed by atoms with Crippen LogP contribution in [0.4, 0.5) is 0 Å². The van der Waals surface area contributed by atoms with Crippen LogP contribution in [0.5, 0.6) is 0 Å². The van der Waals surface area contributed by atoms with Gasteiger partial charge in [0.15, 0.2) is 0 Å². The van der Waals surface area contributed by atoms with Crippen LogP contribution in [0.3, 0.4) is 0 Å². The van der Waals surface area contributed by atoms with Crippen molar-refractivity contribution in [2.75, 3.05) is 6.54 Å². The number of rotatable bonds is 8. The van der Waals surface area contributed by atoms with Gasteiger partial charge in [-0.3, -0.25) is 4.79 Å². The number of hydrogen-bond acceptors (Lipinski definition) is 2. The van der Waals surface area contributed by atoms with E-state index in [-0.39, 0.29) is 5.91 Å². The number of amides is 1. The fourth-order valence-corrected chi connectivity index (χ4v) is 3.29. The maximum absolute atomic E-state index is 12.1. The summed E-state index contributed by atoms with van der Waals surface area (Å²) in [6.45, 7) is 0.757. The summed E-state index contributed by atoms with van der Waals surface area (Å²) in [6.07, 6.45) is 8.46. The van der Waals surface area contributed by atoms with Crippen LogP contribution < -0.4 is 11.1 Å². The van der Waals surface area contributed by atoms with Crippen molar-refractivity contribution in [3.05, 3.63) is 35.9 Å². The minimum atomic E-state index is 0.218. The van der Waals surface area contributed by atoms with Gasteiger partial charge in [-0.15, -0.1) is 0 Å². The molecule has 1 saturated carbocycles. The van der Waals surface area contributed by atoms with Crippen molar-refractivity contribution < 1.29 is 4.79 Å². The molecule has 1 amide bonds. The Hall–Kier alpha value is -1.35. The summed E-state index contributed by atoms with van der Waals surface area (Å²) in [5.41, 5.74) is 6.83. The highest BCUT2D eigenvalue weighted by molar-refractivity contribution is 5.76.